The largest absolute Gasteiger partial charge is 0.507 e. The number of benzene rings is 3. The number of nitrogens with zero attached hydrogens (tertiary/aromatic N) is 1. The van der Waals surface area contributed by atoms with Crippen LogP contribution in [0.1, 0.15) is 16.8 Å². The maximum atomic E-state index is 10.7. The van der Waals surface area contributed by atoms with Gasteiger partial charge in [-0.3, -0.25) is 5.10 Å². The molecule has 0 aliphatic heterocycles. The molecule has 32 heavy (non-hydrogen) atoms. The lowest BCUT2D eigenvalue weighted by Gasteiger charge is -2.12. The Balaban J connectivity index is 1.55. The summed E-state index contributed by atoms with van der Waals surface area (Å²) in [6, 6.07) is 20.4. The Kier molecular flexibility index (Phi) is 6.12. The Labute approximate surface area is 186 Å². The molecule has 0 spiro atoms. The van der Waals surface area contributed by atoms with Gasteiger partial charge in [0.2, 0.25) is 0 Å². The van der Waals surface area contributed by atoms with Crippen LogP contribution in [-0.4, -0.2) is 22.4 Å². The van der Waals surface area contributed by atoms with Crippen LogP contribution in [0.4, 0.5) is 0 Å². The molecule has 1 aromatic heterocycles. The Morgan fingerprint density at radius 2 is 1.78 bits per heavy atom. The zero-order valence-electron chi connectivity index (χ0n) is 18.0. The van der Waals surface area contributed by atoms with Gasteiger partial charge in [-0.05, 0) is 42.3 Å². The zero-order valence-corrected chi connectivity index (χ0v) is 18.0. The van der Waals surface area contributed by atoms with E-state index in [0.717, 1.165) is 16.8 Å². The predicted molar refractivity (Wildman–Crippen MR) is 124 cm³/mol. The second-order valence-electron chi connectivity index (χ2n) is 7.19. The fourth-order valence-corrected chi connectivity index (χ4v) is 3.26. The number of para-hydroxylation sites is 2. The van der Waals surface area contributed by atoms with Crippen molar-refractivity contribution >= 4 is 6.08 Å². The lowest BCUT2D eigenvalue weighted by molar-refractivity contribution is 0.304. The standard InChI is InChI=1S/C26H24N2O4/c1-4-18-9-11-19(12-10-18)16-31-20-13-14-21(22(29)15-20)25-26(17(2)27-28-25)32-24-8-6-5-7-23(24)30-3/h4-15,29H,1,16H2,2-3H3,(H,27,28). The highest BCUT2D eigenvalue weighted by Crippen LogP contribution is 2.41. The van der Waals surface area contributed by atoms with E-state index in [0.29, 0.717) is 40.9 Å². The second-order valence-corrected chi connectivity index (χ2v) is 7.19. The number of rotatable bonds is 8. The number of aromatic amines is 1. The first kappa shape index (κ1) is 21.1. The normalized spacial score (nSPS) is 10.6. The Morgan fingerprint density at radius 1 is 1.03 bits per heavy atom. The number of hydrogen-bond acceptors (Lipinski definition) is 5. The molecule has 0 aliphatic rings. The van der Waals surface area contributed by atoms with Crippen LogP contribution in [0.3, 0.4) is 0 Å². The van der Waals surface area contributed by atoms with Crippen LogP contribution < -0.4 is 14.2 Å². The number of aryl methyl sites for hydroxylation is 1. The Morgan fingerprint density at radius 3 is 2.47 bits per heavy atom. The monoisotopic (exact) mass is 428 g/mol. The highest BCUT2D eigenvalue weighted by molar-refractivity contribution is 5.74. The van der Waals surface area contributed by atoms with Crippen molar-refractivity contribution in [2.75, 3.05) is 7.11 Å². The van der Waals surface area contributed by atoms with E-state index in [1.807, 2.05) is 55.5 Å². The predicted octanol–water partition coefficient (Wildman–Crippen LogP) is 6.11. The van der Waals surface area contributed by atoms with E-state index in [9.17, 15) is 5.11 Å². The molecule has 0 unspecified atom stereocenters. The molecule has 4 rings (SSSR count). The van der Waals surface area contributed by atoms with E-state index >= 15 is 0 Å². The van der Waals surface area contributed by atoms with Gasteiger partial charge in [0.15, 0.2) is 17.2 Å². The maximum Gasteiger partial charge on any atom is 0.176 e. The first-order valence-corrected chi connectivity index (χ1v) is 10.1. The summed E-state index contributed by atoms with van der Waals surface area (Å²) in [6.07, 6.45) is 1.80. The summed E-state index contributed by atoms with van der Waals surface area (Å²) in [5, 5.41) is 18.0. The van der Waals surface area contributed by atoms with Gasteiger partial charge in [0.05, 0.1) is 12.8 Å². The minimum atomic E-state index is 0.0425. The fourth-order valence-electron chi connectivity index (χ4n) is 3.26. The van der Waals surface area contributed by atoms with E-state index in [2.05, 4.69) is 16.8 Å². The van der Waals surface area contributed by atoms with Crippen molar-refractivity contribution in [2.24, 2.45) is 0 Å². The van der Waals surface area contributed by atoms with Gasteiger partial charge in [0, 0.05) is 11.6 Å². The summed E-state index contributed by atoms with van der Waals surface area (Å²) in [5.41, 5.74) is 3.83. The molecule has 4 aromatic rings. The van der Waals surface area contributed by atoms with E-state index in [-0.39, 0.29) is 5.75 Å². The molecule has 0 amide bonds. The minimum absolute atomic E-state index is 0.0425. The highest BCUT2D eigenvalue weighted by atomic mass is 16.5. The number of aromatic hydroxyl groups is 1. The van der Waals surface area contributed by atoms with Crippen LogP contribution >= 0.6 is 0 Å². The van der Waals surface area contributed by atoms with E-state index in [1.165, 1.54) is 0 Å². The molecule has 162 valence electrons. The molecule has 0 saturated carbocycles. The molecule has 0 saturated heterocycles. The molecule has 6 heteroatoms. The van der Waals surface area contributed by atoms with Crippen LogP contribution in [0.2, 0.25) is 0 Å². The topological polar surface area (TPSA) is 76.6 Å². The minimum Gasteiger partial charge on any atom is -0.507 e. The maximum absolute atomic E-state index is 10.7. The fraction of sp³-hybridized carbons (Fsp3) is 0.115. The summed E-state index contributed by atoms with van der Waals surface area (Å²) in [4.78, 5) is 0. The van der Waals surface area contributed by atoms with Crippen molar-refractivity contribution in [3.8, 4) is 40.0 Å². The quantitative estimate of drug-likeness (QED) is 0.354. The average molecular weight is 428 g/mol. The number of phenols is 1. The molecule has 0 fully saturated rings. The lowest BCUT2D eigenvalue weighted by Crippen LogP contribution is -1.96. The molecule has 0 bridgehead atoms. The molecule has 0 aliphatic carbocycles. The van der Waals surface area contributed by atoms with Crippen LogP contribution in [0.15, 0.2) is 73.3 Å². The van der Waals surface area contributed by atoms with Crippen molar-refractivity contribution in [1.82, 2.24) is 10.2 Å². The molecule has 3 aromatic carbocycles. The molecule has 0 atom stereocenters. The van der Waals surface area contributed by atoms with Crippen LogP contribution in [-0.2, 0) is 6.61 Å². The summed E-state index contributed by atoms with van der Waals surface area (Å²) in [5.74, 6) is 2.27. The number of methoxy groups -OCH3 is 1. The van der Waals surface area contributed by atoms with Crippen molar-refractivity contribution in [1.29, 1.82) is 0 Å². The number of ether oxygens (including phenoxy) is 3. The molecule has 0 radical (unpaired) electrons. The lowest BCUT2D eigenvalue weighted by atomic mass is 10.1. The number of aromatic nitrogens is 2. The summed E-state index contributed by atoms with van der Waals surface area (Å²) >= 11 is 0. The number of phenolic OH excluding ortho intramolecular Hbond substituents is 1. The summed E-state index contributed by atoms with van der Waals surface area (Å²) in [7, 11) is 1.59. The molecule has 1 heterocycles. The zero-order chi connectivity index (χ0) is 22.5. The van der Waals surface area contributed by atoms with Crippen molar-refractivity contribution in [2.45, 2.75) is 13.5 Å². The van der Waals surface area contributed by atoms with E-state index in [4.69, 9.17) is 14.2 Å². The number of nitrogens with one attached hydrogen (secondary N) is 1. The van der Waals surface area contributed by atoms with E-state index in [1.54, 1.807) is 31.4 Å². The van der Waals surface area contributed by atoms with Gasteiger partial charge in [-0.15, -0.1) is 0 Å². The molecular weight excluding hydrogens is 404 g/mol. The van der Waals surface area contributed by atoms with Gasteiger partial charge in [-0.2, -0.15) is 5.10 Å². The smallest absolute Gasteiger partial charge is 0.176 e. The van der Waals surface area contributed by atoms with Gasteiger partial charge in [0.1, 0.15) is 23.8 Å². The second kappa shape index (κ2) is 9.31. The first-order valence-electron chi connectivity index (χ1n) is 10.1. The molecular formula is C26H24N2O4. The van der Waals surface area contributed by atoms with Gasteiger partial charge in [-0.25, -0.2) is 0 Å². The third-order valence-corrected chi connectivity index (χ3v) is 5.02. The van der Waals surface area contributed by atoms with Crippen LogP contribution in [0.25, 0.3) is 17.3 Å². The molecule has 2 N–H and O–H groups in total. The van der Waals surface area contributed by atoms with Gasteiger partial charge >= 0.3 is 0 Å². The van der Waals surface area contributed by atoms with Gasteiger partial charge in [0.25, 0.3) is 0 Å². The number of H-pyrrole nitrogens is 1. The van der Waals surface area contributed by atoms with Gasteiger partial charge in [-0.1, -0.05) is 49.1 Å². The summed E-state index contributed by atoms with van der Waals surface area (Å²) in [6.45, 7) is 6.00. The number of hydrogen-bond donors (Lipinski definition) is 2. The molecule has 6 nitrogen and oxygen atoms in total. The SMILES string of the molecule is C=Cc1ccc(COc2ccc(-c3n[nH]c(C)c3Oc3ccccc3OC)c(O)c2)cc1. The van der Waals surface area contributed by atoms with Crippen LogP contribution in [0.5, 0.6) is 28.7 Å². The summed E-state index contributed by atoms with van der Waals surface area (Å²) < 4.78 is 17.3. The van der Waals surface area contributed by atoms with Crippen LogP contribution in [0, 0.1) is 6.92 Å². The van der Waals surface area contributed by atoms with E-state index < -0.39 is 0 Å². The van der Waals surface area contributed by atoms with Gasteiger partial charge < -0.3 is 19.3 Å². The Hall–Kier alpha value is -4.19. The Bertz CT molecular complexity index is 1230. The first-order chi connectivity index (χ1) is 15.6. The van der Waals surface area contributed by atoms with Crippen molar-refractivity contribution < 1.29 is 19.3 Å². The van der Waals surface area contributed by atoms with Crippen molar-refractivity contribution in [3.63, 3.8) is 0 Å². The highest BCUT2D eigenvalue weighted by Gasteiger charge is 2.19. The van der Waals surface area contributed by atoms with Crippen molar-refractivity contribution in [3.05, 3.63) is 90.1 Å². The third-order valence-electron chi connectivity index (χ3n) is 5.02. The third kappa shape index (κ3) is 4.44. The average Bonchev–Trinajstić information content (AvgIpc) is 3.18.